The van der Waals surface area contributed by atoms with Crippen LogP contribution in [0.2, 0.25) is 0 Å². The summed E-state index contributed by atoms with van der Waals surface area (Å²) in [4.78, 5) is 5.74. The van der Waals surface area contributed by atoms with E-state index in [2.05, 4.69) is 49.9 Å². The number of rotatable bonds is 5. The van der Waals surface area contributed by atoms with Gasteiger partial charge in [0.15, 0.2) is 0 Å². The zero-order valence-corrected chi connectivity index (χ0v) is 11.9. The molecule has 0 aliphatic rings. The minimum Gasteiger partial charge on any atom is -0.370 e. The molecule has 90 valence electrons. The number of thiophene rings is 1. The summed E-state index contributed by atoms with van der Waals surface area (Å²) in [6.07, 6.45) is 0. The number of hydrogen-bond donors (Lipinski definition) is 2. The average molecular weight is 312 g/mol. The van der Waals surface area contributed by atoms with Gasteiger partial charge >= 0.3 is 0 Å². The van der Waals surface area contributed by atoms with Crippen LogP contribution in [0.4, 0.5) is 11.6 Å². The van der Waals surface area contributed by atoms with Crippen molar-refractivity contribution in [2.24, 2.45) is 0 Å². The highest BCUT2D eigenvalue weighted by Gasteiger charge is 1.99. The van der Waals surface area contributed by atoms with E-state index in [9.17, 15) is 0 Å². The van der Waals surface area contributed by atoms with Gasteiger partial charge in [0, 0.05) is 21.3 Å². The first-order valence-corrected chi connectivity index (χ1v) is 7.13. The maximum atomic E-state index is 4.46. The molecule has 2 heterocycles. The Labute approximate surface area is 113 Å². The summed E-state index contributed by atoms with van der Waals surface area (Å²) < 4.78 is 1.13. The van der Waals surface area contributed by atoms with Gasteiger partial charge in [-0.25, -0.2) is 4.98 Å². The monoisotopic (exact) mass is 311 g/mol. The lowest BCUT2D eigenvalue weighted by Crippen LogP contribution is -2.03. The van der Waals surface area contributed by atoms with Gasteiger partial charge in [-0.2, -0.15) is 0 Å². The Kier molecular flexibility index (Phi) is 4.39. The molecule has 2 rings (SSSR count). The lowest BCUT2D eigenvalue weighted by Gasteiger charge is -2.06. The van der Waals surface area contributed by atoms with Crippen LogP contribution in [0.5, 0.6) is 0 Å². The normalized spacial score (nSPS) is 10.2. The lowest BCUT2D eigenvalue weighted by atomic mass is 10.4. The molecule has 5 heteroatoms. The Hall–Kier alpha value is -1.07. The standard InChI is InChI=1S/C12H14BrN3S/c1-2-14-11-4-3-5-12(16-11)15-7-10-6-9(13)8-17-10/h3-6,8H,2,7H2,1H3,(H2,14,15,16). The third-order valence-corrected chi connectivity index (χ3v) is 3.87. The van der Waals surface area contributed by atoms with E-state index in [4.69, 9.17) is 0 Å². The number of anilines is 2. The van der Waals surface area contributed by atoms with Crippen LogP contribution in [0.1, 0.15) is 11.8 Å². The van der Waals surface area contributed by atoms with Gasteiger partial charge in [-0.3, -0.25) is 0 Å². The van der Waals surface area contributed by atoms with Crippen molar-refractivity contribution in [1.29, 1.82) is 0 Å². The molecule has 0 unspecified atom stereocenters. The molecule has 0 aliphatic heterocycles. The van der Waals surface area contributed by atoms with Gasteiger partial charge in [-0.05, 0) is 41.1 Å². The van der Waals surface area contributed by atoms with Crippen LogP contribution >= 0.6 is 27.3 Å². The van der Waals surface area contributed by atoms with Crippen LogP contribution in [0.25, 0.3) is 0 Å². The number of aromatic nitrogens is 1. The number of nitrogens with one attached hydrogen (secondary N) is 2. The molecule has 0 saturated carbocycles. The Morgan fingerprint density at radius 2 is 2.06 bits per heavy atom. The molecule has 3 nitrogen and oxygen atoms in total. The van der Waals surface area contributed by atoms with Crippen LogP contribution in [0, 0.1) is 0 Å². The van der Waals surface area contributed by atoms with Crippen LogP contribution in [0.3, 0.4) is 0 Å². The van der Waals surface area contributed by atoms with Gasteiger partial charge in [0.1, 0.15) is 11.6 Å². The summed E-state index contributed by atoms with van der Waals surface area (Å²) in [5.74, 6) is 1.80. The van der Waals surface area contributed by atoms with Gasteiger partial charge in [0.05, 0.1) is 6.54 Å². The van der Waals surface area contributed by atoms with Gasteiger partial charge in [0.2, 0.25) is 0 Å². The summed E-state index contributed by atoms with van der Waals surface area (Å²) in [5.41, 5.74) is 0. The molecule has 0 radical (unpaired) electrons. The maximum absolute atomic E-state index is 4.46. The first-order valence-electron chi connectivity index (χ1n) is 5.45. The minimum absolute atomic E-state index is 0.804. The van der Waals surface area contributed by atoms with Crippen molar-refractivity contribution >= 4 is 38.9 Å². The largest absolute Gasteiger partial charge is 0.370 e. The van der Waals surface area contributed by atoms with Gasteiger partial charge in [-0.1, -0.05) is 6.07 Å². The molecule has 0 fully saturated rings. The summed E-state index contributed by atoms with van der Waals surface area (Å²) >= 11 is 5.18. The van der Waals surface area contributed by atoms with Crippen molar-refractivity contribution in [3.05, 3.63) is 39.0 Å². The second-order valence-corrected chi connectivity index (χ2v) is 5.43. The van der Waals surface area contributed by atoms with E-state index in [1.807, 2.05) is 18.2 Å². The van der Waals surface area contributed by atoms with Gasteiger partial charge in [0.25, 0.3) is 0 Å². The first kappa shape index (κ1) is 12.4. The van der Waals surface area contributed by atoms with E-state index in [-0.39, 0.29) is 0 Å². The van der Waals surface area contributed by atoms with Crippen molar-refractivity contribution in [1.82, 2.24) is 4.98 Å². The van der Waals surface area contributed by atoms with Gasteiger partial charge in [-0.15, -0.1) is 11.3 Å². The van der Waals surface area contributed by atoms with Crippen LogP contribution in [-0.4, -0.2) is 11.5 Å². The van der Waals surface area contributed by atoms with E-state index in [1.54, 1.807) is 11.3 Å². The number of pyridine rings is 1. The van der Waals surface area contributed by atoms with Crippen molar-refractivity contribution in [2.75, 3.05) is 17.2 Å². The summed E-state index contributed by atoms with van der Waals surface area (Å²) in [7, 11) is 0. The quantitative estimate of drug-likeness (QED) is 0.878. The molecule has 0 saturated heterocycles. The zero-order chi connectivity index (χ0) is 12.1. The molecule has 0 aliphatic carbocycles. The molecule has 0 bridgehead atoms. The Balaban J connectivity index is 1.96. The van der Waals surface area contributed by atoms with E-state index in [0.29, 0.717) is 0 Å². The SMILES string of the molecule is CCNc1cccc(NCc2cc(Br)cs2)n1. The fraction of sp³-hybridized carbons (Fsp3) is 0.250. The topological polar surface area (TPSA) is 37.0 Å². The van der Waals surface area contributed by atoms with Crippen molar-refractivity contribution in [2.45, 2.75) is 13.5 Å². The smallest absolute Gasteiger partial charge is 0.128 e. The fourth-order valence-electron chi connectivity index (χ4n) is 1.44. The Bertz CT molecular complexity index is 484. The molecule has 17 heavy (non-hydrogen) atoms. The van der Waals surface area contributed by atoms with Crippen molar-refractivity contribution < 1.29 is 0 Å². The second kappa shape index (κ2) is 6.02. The second-order valence-electron chi connectivity index (χ2n) is 3.52. The summed E-state index contributed by atoms with van der Waals surface area (Å²) in [6.45, 7) is 3.75. The third-order valence-electron chi connectivity index (χ3n) is 2.17. The molecule has 2 N–H and O–H groups in total. The van der Waals surface area contributed by atoms with Crippen molar-refractivity contribution in [3.63, 3.8) is 0 Å². The fourth-order valence-corrected chi connectivity index (χ4v) is 2.83. The Morgan fingerprint density at radius 1 is 1.29 bits per heavy atom. The molecular formula is C12H14BrN3S. The zero-order valence-electron chi connectivity index (χ0n) is 9.53. The van der Waals surface area contributed by atoms with E-state index < -0.39 is 0 Å². The van der Waals surface area contributed by atoms with E-state index >= 15 is 0 Å². The van der Waals surface area contributed by atoms with E-state index in [0.717, 1.165) is 29.2 Å². The molecule has 2 aromatic rings. The number of nitrogens with zero attached hydrogens (tertiary/aromatic N) is 1. The highest BCUT2D eigenvalue weighted by atomic mass is 79.9. The van der Waals surface area contributed by atoms with Crippen LogP contribution in [0.15, 0.2) is 34.1 Å². The maximum Gasteiger partial charge on any atom is 0.128 e. The molecule has 0 aromatic carbocycles. The van der Waals surface area contributed by atoms with Crippen LogP contribution in [-0.2, 0) is 6.54 Å². The predicted molar refractivity (Wildman–Crippen MR) is 77.7 cm³/mol. The predicted octanol–water partition coefficient (Wildman–Crippen LogP) is 3.95. The van der Waals surface area contributed by atoms with Crippen molar-refractivity contribution in [3.8, 4) is 0 Å². The highest BCUT2D eigenvalue weighted by Crippen LogP contribution is 2.20. The third kappa shape index (κ3) is 3.71. The first-order chi connectivity index (χ1) is 8.28. The Morgan fingerprint density at radius 3 is 2.71 bits per heavy atom. The lowest BCUT2D eigenvalue weighted by molar-refractivity contribution is 1.11. The molecular weight excluding hydrogens is 298 g/mol. The molecule has 0 spiro atoms. The molecule has 0 atom stereocenters. The minimum atomic E-state index is 0.804. The number of halogens is 1. The van der Waals surface area contributed by atoms with Gasteiger partial charge < -0.3 is 10.6 Å². The molecule has 2 aromatic heterocycles. The summed E-state index contributed by atoms with van der Waals surface area (Å²) in [5, 5.41) is 8.59. The van der Waals surface area contributed by atoms with Crippen LogP contribution < -0.4 is 10.6 Å². The highest BCUT2D eigenvalue weighted by molar-refractivity contribution is 9.10. The summed E-state index contributed by atoms with van der Waals surface area (Å²) in [6, 6.07) is 8.06. The average Bonchev–Trinajstić information content (AvgIpc) is 2.74. The molecule has 0 amide bonds. The van der Waals surface area contributed by atoms with E-state index in [1.165, 1.54) is 4.88 Å². The number of hydrogen-bond acceptors (Lipinski definition) is 4.